The van der Waals surface area contributed by atoms with Gasteiger partial charge in [0.15, 0.2) is 0 Å². The van der Waals surface area contributed by atoms with Gasteiger partial charge in [0.1, 0.15) is 0 Å². The summed E-state index contributed by atoms with van der Waals surface area (Å²) in [5, 5.41) is 12.3. The molecule has 0 radical (unpaired) electrons. The molecule has 0 spiro atoms. The number of rotatable bonds is 8. The molecule has 3 nitrogen and oxygen atoms in total. The van der Waals surface area contributed by atoms with E-state index in [1.807, 2.05) is 0 Å². The van der Waals surface area contributed by atoms with Gasteiger partial charge in [-0.2, -0.15) is 0 Å². The van der Waals surface area contributed by atoms with Gasteiger partial charge in [0.25, 0.3) is 0 Å². The first-order chi connectivity index (χ1) is 7.92. The van der Waals surface area contributed by atoms with Crippen LogP contribution in [0.1, 0.15) is 44.9 Å². The number of aliphatic hydroxyl groups is 1. The van der Waals surface area contributed by atoms with Crippen molar-refractivity contribution in [1.82, 2.24) is 5.32 Å². The SMILES string of the molecule is OCCCCCCNC1CCOC1C1CC1. The Morgan fingerprint density at radius 1 is 1.06 bits per heavy atom. The van der Waals surface area contributed by atoms with Crippen LogP contribution in [0.2, 0.25) is 0 Å². The molecule has 2 atom stereocenters. The molecule has 2 rings (SSSR count). The fourth-order valence-corrected chi connectivity index (χ4v) is 2.60. The van der Waals surface area contributed by atoms with Crippen LogP contribution < -0.4 is 5.32 Å². The molecule has 1 saturated heterocycles. The third-order valence-corrected chi connectivity index (χ3v) is 3.71. The molecule has 0 amide bonds. The molecule has 2 N–H and O–H groups in total. The van der Waals surface area contributed by atoms with E-state index in [-0.39, 0.29) is 0 Å². The zero-order valence-electron chi connectivity index (χ0n) is 10.2. The summed E-state index contributed by atoms with van der Waals surface area (Å²) >= 11 is 0. The van der Waals surface area contributed by atoms with Crippen LogP contribution in [-0.4, -0.2) is 37.0 Å². The molecular weight excluding hydrogens is 202 g/mol. The Morgan fingerprint density at radius 2 is 1.88 bits per heavy atom. The predicted molar refractivity (Wildman–Crippen MR) is 64.4 cm³/mol. The number of hydrogen-bond donors (Lipinski definition) is 2. The van der Waals surface area contributed by atoms with Gasteiger partial charge in [-0.1, -0.05) is 12.8 Å². The lowest BCUT2D eigenvalue weighted by atomic mass is 10.1. The second-order valence-electron chi connectivity index (χ2n) is 5.16. The predicted octanol–water partition coefficient (Wildman–Crippen LogP) is 1.70. The summed E-state index contributed by atoms with van der Waals surface area (Å²) in [6.07, 6.45) is 9.03. The molecule has 1 heterocycles. The lowest BCUT2D eigenvalue weighted by Crippen LogP contribution is -2.38. The van der Waals surface area contributed by atoms with Gasteiger partial charge in [0, 0.05) is 19.3 Å². The van der Waals surface area contributed by atoms with E-state index >= 15 is 0 Å². The molecule has 0 aromatic heterocycles. The van der Waals surface area contributed by atoms with Crippen molar-refractivity contribution in [1.29, 1.82) is 0 Å². The molecule has 0 aromatic carbocycles. The molecule has 2 aliphatic rings. The highest BCUT2D eigenvalue weighted by Gasteiger charge is 2.40. The molecule has 2 fully saturated rings. The van der Waals surface area contributed by atoms with Gasteiger partial charge in [-0.3, -0.25) is 0 Å². The zero-order chi connectivity index (χ0) is 11.2. The van der Waals surface area contributed by atoms with Crippen molar-refractivity contribution >= 4 is 0 Å². The fourth-order valence-electron chi connectivity index (χ4n) is 2.60. The quantitative estimate of drug-likeness (QED) is 0.620. The van der Waals surface area contributed by atoms with Crippen LogP contribution in [0.15, 0.2) is 0 Å². The third-order valence-electron chi connectivity index (χ3n) is 3.71. The number of ether oxygens (including phenoxy) is 1. The minimum atomic E-state index is 0.341. The Kier molecular flexibility index (Phi) is 5.07. The van der Waals surface area contributed by atoms with Crippen LogP contribution in [-0.2, 0) is 4.74 Å². The summed E-state index contributed by atoms with van der Waals surface area (Å²) in [6.45, 7) is 2.40. The number of aliphatic hydroxyl groups excluding tert-OH is 1. The Labute approximate surface area is 98.6 Å². The standard InChI is InChI=1S/C13H25NO2/c15-9-4-2-1-3-8-14-12-7-10-16-13(12)11-5-6-11/h11-15H,1-10H2. The molecule has 16 heavy (non-hydrogen) atoms. The maximum Gasteiger partial charge on any atom is 0.0756 e. The van der Waals surface area contributed by atoms with E-state index in [9.17, 15) is 0 Å². The number of hydrogen-bond acceptors (Lipinski definition) is 3. The summed E-state index contributed by atoms with van der Waals surface area (Å²) < 4.78 is 5.79. The van der Waals surface area contributed by atoms with Gasteiger partial charge in [-0.05, 0) is 44.6 Å². The smallest absolute Gasteiger partial charge is 0.0756 e. The molecule has 1 aliphatic heterocycles. The lowest BCUT2D eigenvalue weighted by Gasteiger charge is -2.19. The largest absolute Gasteiger partial charge is 0.396 e. The van der Waals surface area contributed by atoms with E-state index in [1.165, 1.54) is 32.1 Å². The molecule has 3 heteroatoms. The van der Waals surface area contributed by atoms with E-state index in [1.54, 1.807) is 0 Å². The van der Waals surface area contributed by atoms with Crippen molar-refractivity contribution in [2.75, 3.05) is 19.8 Å². The Bertz CT molecular complexity index is 194. The Hall–Kier alpha value is -0.120. The van der Waals surface area contributed by atoms with Crippen molar-refractivity contribution < 1.29 is 9.84 Å². The van der Waals surface area contributed by atoms with Gasteiger partial charge in [0.2, 0.25) is 0 Å². The zero-order valence-corrected chi connectivity index (χ0v) is 10.2. The van der Waals surface area contributed by atoms with Crippen molar-refractivity contribution in [2.24, 2.45) is 5.92 Å². The highest BCUT2D eigenvalue weighted by molar-refractivity contribution is 4.93. The molecular formula is C13H25NO2. The minimum absolute atomic E-state index is 0.341. The third kappa shape index (κ3) is 3.72. The van der Waals surface area contributed by atoms with Crippen LogP contribution in [0.25, 0.3) is 0 Å². The van der Waals surface area contributed by atoms with Crippen LogP contribution in [0.4, 0.5) is 0 Å². The summed E-state index contributed by atoms with van der Waals surface area (Å²) in [7, 11) is 0. The van der Waals surface area contributed by atoms with Crippen molar-refractivity contribution in [3.05, 3.63) is 0 Å². The lowest BCUT2D eigenvalue weighted by molar-refractivity contribution is 0.0811. The van der Waals surface area contributed by atoms with E-state index in [0.29, 0.717) is 18.8 Å². The van der Waals surface area contributed by atoms with Crippen molar-refractivity contribution in [2.45, 2.75) is 57.1 Å². The van der Waals surface area contributed by atoms with E-state index < -0.39 is 0 Å². The molecule has 1 saturated carbocycles. The van der Waals surface area contributed by atoms with Crippen molar-refractivity contribution in [3.8, 4) is 0 Å². The van der Waals surface area contributed by atoms with Crippen LogP contribution in [0.3, 0.4) is 0 Å². The van der Waals surface area contributed by atoms with Crippen LogP contribution in [0, 0.1) is 5.92 Å². The first-order valence-corrected chi connectivity index (χ1v) is 6.87. The molecule has 94 valence electrons. The minimum Gasteiger partial charge on any atom is -0.396 e. The monoisotopic (exact) mass is 227 g/mol. The summed E-state index contributed by atoms with van der Waals surface area (Å²) in [5.74, 6) is 0.856. The second-order valence-corrected chi connectivity index (χ2v) is 5.16. The molecule has 1 aliphatic carbocycles. The van der Waals surface area contributed by atoms with Gasteiger partial charge in [-0.15, -0.1) is 0 Å². The van der Waals surface area contributed by atoms with Gasteiger partial charge in [-0.25, -0.2) is 0 Å². The highest BCUT2D eigenvalue weighted by atomic mass is 16.5. The number of nitrogens with one attached hydrogen (secondary N) is 1. The van der Waals surface area contributed by atoms with E-state index in [2.05, 4.69) is 5.32 Å². The van der Waals surface area contributed by atoms with Gasteiger partial charge in [0.05, 0.1) is 6.10 Å². The first-order valence-electron chi connectivity index (χ1n) is 6.87. The maximum atomic E-state index is 8.67. The van der Waals surface area contributed by atoms with Crippen LogP contribution >= 0.6 is 0 Å². The molecule has 2 unspecified atom stereocenters. The van der Waals surface area contributed by atoms with E-state index in [4.69, 9.17) is 9.84 Å². The summed E-state index contributed by atoms with van der Waals surface area (Å²) in [5.41, 5.74) is 0. The Balaban J connectivity index is 1.51. The van der Waals surface area contributed by atoms with Gasteiger partial charge >= 0.3 is 0 Å². The average molecular weight is 227 g/mol. The first kappa shape index (κ1) is 12.3. The summed E-state index contributed by atoms with van der Waals surface area (Å²) in [4.78, 5) is 0. The topological polar surface area (TPSA) is 41.5 Å². The second kappa shape index (κ2) is 6.58. The van der Waals surface area contributed by atoms with E-state index in [0.717, 1.165) is 31.9 Å². The highest BCUT2D eigenvalue weighted by Crippen LogP contribution is 2.38. The fraction of sp³-hybridized carbons (Fsp3) is 1.00. The van der Waals surface area contributed by atoms with Gasteiger partial charge < -0.3 is 15.2 Å². The molecule has 0 aromatic rings. The Morgan fingerprint density at radius 3 is 2.62 bits per heavy atom. The van der Waals surface area contributed by atoms with Crippen LogP contribution in [0.5, 0.6) is 0 Å². The average Bonchev–Trinajstić information content (AvgIpc) is 3.04. The number of unbranched alkanes of at least 4 members (excludes halogenated alkanes) is 3. The molecule has 0 bridgehead atoms. The van der Waals surface area contributed by atoms with Crippen molar-refractivity contribution in [3.63, 3.8) is 0 Å². The summed E-state index contributed by atoms with van der Waals surface area (Å²) in [6, 6.07) is 0.616. The maximum absolute atomic E-state index is 8.67. The normalized spacial score (nSPS) is 29.8.